The second-order valence-electron chi connectivity index (χ2n) is 6.13. The molecular formula is C22H18N2O2S. The highest BCUT2D eigenvalue weighted by molar-refractivity contribution is 8.00. The van der Waals surface area contributed by atoms with Crippen LogP contribution < -0.4 is 5.32 Å². The second-order valence-corrected chi connectivity index (χ2v) is 7.30. The van der Waals surface area contributed by atoms with Gasteiger partial charge in [0.25, 0.3) is 0 Å². The van der Waals surface area contributed by atoms with Gasteiger partial charge in [-0.15, -0.1) is 11.8 Å². The summed E-state index contributed by atoms with van der Waals surface area (Å²) in [5.41, 5.74) is 3.11. The SMILES string of the molecule is Cc1nc2cc(NC(=O)[C@H](Sc3ccccc3)c3ccccc3)ccc2o1. The minimum Gasteiger partial charge on any atom is -0.441 e. The molecule has 0 fully saturated rings. The van der Waals surface area contributed by atoms with E-state index in [0.29, 0.717) is 17.2 Å². The fraction of sp³-hybridized carbons (Fsp3) is 0.0909. The van der Waals surface area contributed by atoms with E-state index >= 15 is 0 Å². The summed E-state index contributed by atoms with van der Waals surface area (Å²) >= 11 is 1.53. The summed E-state index contributed by atoms with van der Waals surface area (Å²) in [6.45, 7) is 1.81. The van der Waals surface area contributed by atoms with Crippen molar-refractivity contribution in [3.8, 4) is 0 Å². The second kappa shape index (κ2) is 7.68. The van der Waals surface area contributed by atoms with Gasteiger partial charge in [0.15, 0.2) is 11.5 Å². The first-order valence-electron chi connectivity index (χ1n) is 8.64. The van der Waals surface area contributed by atoms with Crippen LogP contribution in [0.3, 0.4) is 0 Å². The monoisotopic (exact) mass is 374 g/mol. The molecule has 1 heterocycles. The van der Waals surface area contributed by atoms with E-state index in [0.717, 1.165) is 16.0 Å². The lowest BCUT2D eigenvalue weighted by atomic mass is 10.1. The fourth-order valence-corrected chi connectivity index (χ4v) is 3.91. The van der Waals surface area contributed by atoms with Gasteiger partial charge in [-0.05, 0) is 35.9 Å². The van der Waals surface area contributed by atoms with Gasteiger partial charge < -0.3 is 9.73 Å². The molecule has 134 valence electrons. The Bertz CT molecular complexity index is 1060. The van der Waals surface area contributed by atoms with E-state index in [2.05, 4.69) is 10.3 Å². The maximum absolute atomic E-state index is 13.1. The Morgan fingerprint density at radius 1 is 1.00 bits per heavy atom. The number of aryl methyl sites for hydroxylation is 1. The van der Waals surface area contributed by atoms with Crippen molar-refractivity contribution in [2.75, 3.05) is 5.32 Å². The van der Waals surface area contributed by atoms with Gasteiger partial charge in [-0.1, -0.05) is 48.5 Å². The lowest BCUT2D eigenvalue weighted by Crippen LogP contribution is -2.19. The molecule has 0 saturated carbocycles. The van der Waals surface area contributed by atoms with E-state index in [1.54, 1.807) is 6.92 Å². The number of fused-ring (bicyclic) bond motifs is 1. The van der Waals surface area contributed by atoms with Crippen LogP contribution >= 0.6 is 11.8 Å². The summed E-state index contributed by atoms with van der Waals surface area (Å²) in [5.74, 6) is 0.532. The van der Waals surface area contributed by atoms with Crippen LogP contribution in [0.2, 0.25) is 0 Å². The Labute approximate surface area is 161 Å². The number of aromatic nitrogens is 1. The largest absolute Gasteiger partial charge is 0.441 e. The quantitative estimate of drug-likeness (QED) is 0.461. The highest BCUT2D eigenvalue weighted by atomic mass is 32.2. The minimum absolute atomic E-state index is 0.0744. The smallest absolute Gasteiger partial charge is 0.242 e. The molecule has 0 saturated heterocycles. The van der Waals surface area contributed by atoms with Crippen molar-refractivity contribution in [3.63, 3.8) is 0 Å². The molecular weight excluding hydrogens is 356 g/mol. The van der Waals surface area contributed by atoms with Crippen molar-refractivity contribution in [1.29, 1.82) is 0 Å². The van der Waals surface area contributed by atoms with E-state index in [4.69, 9.17) is 4.42 Å². The molecule has 0 bridgehead atoms. The van der Waals surface area contributed by atoms with E-state index in [1.807, 2.05) is 78.9 Å². The van der Waals surface area contributed by atoms with Crippen molar-refractivity contribution < 1.29 is 9.21 Å². The van der Waals surface area contributed by atoms with Crippen LogP contribution in [0.4, 0.5) is 5.69 Å². The van der Waals surface area contributed by atoms with Gasteiger partial charge in [0.2, 0.25) is 5.91 Å². The lowest BCUT2D eigenvalue weighted by molar-refractivity contribution is -0.115. The topological polar surface area (TPSA) is 55.1 Å². The van der Waals surface area contributed by atoms with Gasteiger partial charge in [-0.25, -0.2) is 4.98 Å². The first kappa shape index (κ1) is 17.4. The van der Waals surface area contributed by atoms with Crippen molar-refractivity contribution in [2.24, 2.45) is 0 Å². The number of rotatable bonds is 5. The summed E-state index contributed by atoms with van der Waals surface area (Å²) in [6.07, 6.45) is 0. The standard InChI is InChI=1S/C22H18N2O2S/c1-15-23-19-14-17(12-13-20(19)26-15)24-22(25)21(16-8-4-2-5-9-16)27-18-10-6-3-7-11-18/h2-14,21H,1H3,(H,24,25)/t21-/m1/s1. The summed E-state index contributed by atoms with van der Waals surface area (Å²) in [6, 6.07) is 25.2. The molecule has 1 N–H and O–H groups in total. The molecule has 4 rings (SSSR count). The van der Waals surface area contributed by atoms with Crippen LogP contribution in [0.5, 0.6) is 0 Å². The van der Waals surface area contributed by atoms with Crippen LogP contribution in [0.1, 0.15) is 16.7 Å². The zero-order valence-electron chi connectivity index (χ0n) is 14.8. The molecule has 27 heavy (non-hydrogen) atoms. The summed E-state index contributed by atoms with van der Waals surface area (Å²) in [7, 11) is 0. The van der Waals surface area contributed by atoms with Gasteiger partial charge >= 0.3 is 0 Å². The van der Waals surface area contributed by atoms with Gasteiger partial charge in [-0.3, -0.25) is 4.79 Å². The molecule has 0 radical (unpaired) electrons. The normalized spacial score (nSPS) is 12.0. The van der Waals surface area contributed by atoms with Gasteiger partial charge in [0, 0.05) is 17.5 Å². The number of nitrogens with one attached hydrogen (secondary N) is 1. The number of hydrogen-bond donors (Lipinski definition) is 1. The number of amides is 1. The van der Waals surface area contributed by atoms with Crippen LogP contribution in [0, 0.1) is 6.92 Å². The van der Waals surface area contributed by atoms with Gasteiger partial charge in [0.05, 0.1) is 0 Å². The van der Waals surface area contributed by atoms with E-state index in [9.17, 15) is 4.79 Å². The zero-order chi connectivity index (χ0) is 18.6. The minimum atomic E-state index is -0.358. The molecule has 0 aliphatic heterocycles. The average molecular weight is 374 g/mol. The number of thioether (sulfide) groups is 1. The first-order valence-corrected chi connectivity index (χ1v) is 9.52. The van der Waals surface area contributed by atoms with E-state index < -0.39 is 0 Å². The molecule has 0 unspecified atom stereocenters. The molecule has 5 heteroatoms. The molecule has 3 aromatic carbocycles. The number of carbonyl (C=O) groups is 1. The summed E-state index contributed by atoms with van der Waals surface area (Å²) in [4.78, 5) is 18.5. The molecule has 4 aromatic rings. The number of carbonyl (C=O) groups excluding carboxylic acids is 1. The van der Waals surface area contributed by atoms with Gasteiger partial charge in [-0.2, -0.15) is 0 Å². The number of nitrogens with zero attached hydrogens (tertiary/aromatic N) is 1. The van der Waals surface area contributed by atoms with Crippen molar-refractivity contribution >= 4 is 34.5 Å². The maximum atomic E-state index is 13.1. The Morgan fingerprint density at radius 3 is 2.44 bits per heavy atom. The van der Waals surface area contributed by atoms with Crippen LogP contribution in [0.25, 0.3) is 11.1 Å². The number of benzene rings is 3. The predicted octanol–water partition coefficient (Wildman–Crippen LogP) is 5.61. The summed E-state index contributed by atoms with van der Waals surface area (Å²) < 4.78 is 5.50. The highest BCUT2D eigenvalue weighted by Gasteiger charge is 2.22. The Hall–Kier alpha value is -3.05. The first-order chi connectivity index (χ1) is 13.2. The van der Waals surface area contributed by atoms with Crippen molar-refractivity contribution in [2.45, 2.75) is 17.1 Å². The summed E-state index contributed by atoms with van der Waals surface area (Å²) in [5, 5.41) is 2.66. The van der Waals surface area contributed by atoms with Crippen molar-refractivity contribution in [1.82, 2.24) is 4.98 Å². The van der Waals surface area contributed by atoms with Gasteiger partial charge in [0.1, 0.15) is 10.8 Å². The third-order valence-corrected chi connectivity index (χ3v) is 5.37. The van der Waals surface area contributed by atoms with Crippen molar-refractivity contribution in [3.05, 3.63) is 90.3 Å². The molecule has 1 aromatic heterocycles. The van der Waals surface area contributed by atoms with Crippen LogP contribution in [0.15, 0.2) is 88.2 Å². The Kier molecular flexibility index (Phi) is 4.94. The van der Waals surface area contributed by atoms with Crippen LogP contribution in [-0.2, 0) is 4.79 Å². The molecule has 0 spiro atoms. The third kappa shape index (κ3) is 4.04. The molecule has 1 atom stereocenters. The van der Waals surface area contributed by atoms with E-state index in [1.165, 1.54) is 11.8 Å². The predicted molar refractivity (Wildman–Crippen MR) is 109 cm³/mol. The molecule has 0 aliphatic carbocycles. The van der Waals surface area contributed by atoms with Crippen LogP contribution in [-0.4, -0.2) is 10.9 Å². The Morgan fingerprint density at radius 2 is 1.70 bits per heavy atom. The number of anilines is 1. The number of hydrogen-bond acceptors (Lipinski definition) is 4. The third-order valence-electron chi connectivity index (χ3n) is 4.10. The number of oxazole rings is 1. The zero-order valence-corrected chi connectivity index (χ0v) is 15.6. The molecule has 0 aliphatic rings. The molecule has 4 nitrogen and oxygen atoms in total. The lowest BCUT2D eigenvalue weighted by Gasteiger charge is -2.17. The molecule has 1 amide bonds. The maximum Gasteiger partial charge on any atom is 0.242 e. The fourth-order valence-electron chi connectivity index (χ4n) is 2.86. The average Bonchev–Trinajstić information content (AvgIpc) is 3.07. The highest BCUT2D eigenvalue weighted by Crippen LogP contribution is 2.36. The van der Waals surface area contributed by atoms with E-state index in [-0.39, 0.29) is 11.2 Å². The Balaban J connectivity index is 1.61.